The standard InChI is InChI=1S/C15H25NO2/c1-11(10-15(3,4)18-5)16-14-9-7-6-8-13(14)12(2)17/h6-9,11-12,16-17H,10H2,1-5H3. The highest BCUT2D eigenvalue weighted by atomic mass is 16.5. The second-order valence-electron chi connectivity index (χ2n) is 5.48. The van der Waals surface area contributed by atoms with E-state index in [2.05, 4.69) is 26.1 Å². The van der Waals surface area contributed by atoms with Gasteiger partial charge in [-0.15, -0.1) is 0 Å². The van der Waals surface area contributed by atoms with Crippen LogP contribution in [0.5, 0.6) is 0 Å². The molecular weight excluding hydrogens is 226 g/mol. The summed E-state index contributed by atoms with van der Waals surface area (Å²) in [6.45, 7) is 8.06. The van der Waals surface area contributed by atoms with Crippen LogP contribution in [0.4, 0.5) is 5.69 Å². The Labute approximate surface area is 110 Å². The zero-order valence-corrected chi connectivity index (χ0v) is 12.0. The van der Waals surface area contributed by atoms with Crippen LogP contribution in [0.3, 0.4) is 0 Å². The average Bonchev–Trinajstić information content (AvgIpc) is 2.28. The van der Waals surface area contributed by atoms with Crippen molar-refractivity contribution in [2.24, 2.45) is 0 Å². The molecule has 0 aromatic heterocycles. The quantitative estimate of drug-likeness (QED) is 0.814. The minimum absolute atomic E-state index is 0.147. The second-order valence-corrected chi connectivity index (χ2v) is 5.48. The van der Waals surface area contributed by atoms with E-state index < -0.39 is 6.10 Å². The van der Waals surface area contributed by atoms with E-state index in [0.29, 0.717) is 0 Å². The summed E-state index contributed by atoms with van der Waals surface area (Å²) in [5.41, 5.74) is 1.78. The maximum Gasteiger partial charge on any atom is 0.0781 e. The van der Waals surface area contributed by atoms with E-state index in [-0.39, 0.29) is 11.6 Å². The van der Waals surface area contributed by atoms with Gasteiger partial charge >= 0.3 is 0 Å². The van der Waals surface area contributed by atoms with Crippen molar-refractivity contribution >= 4 is 5.69 Å². The van der Waals surface area contributed by atoms with Crippen LogP contribution < -0.4 is 5.32 Å². The highest BCUT2D eigenvalue weighted by molar-refractivity contribution is 5.52. The molecule has 18 heavy (non-hydrogen) atoms. The van der Waals surface area contributed by atoms with Crippen molar-refractivity contribution in [2.45, 2.75) is 51.9 Å². The van der Waals surface area contributed by atoms with Gasteiger partial charge in [0.2, 0.25) is 0 Å². The van der Waals surface area contributed by atoms with Crippen LogP contribution in [0.1, 0.15) is 45.8 Å². The van der Waals surface area contributed by atoms with Crippen LogP contribution in [0.2, 0.25) is 0 Å². The number of ether oxygens (including phenoxy) is 1. The number of aliphatic hydroxyl groups is 1. The Hall–Kier alpha value is -1.06. The number of rotatable bonds is 6. The van der Waals surface area contributed by atoms with E-state index in [9.17, 15) is 5.11 Å². The molecule has 0 saturated carbocycles. The number of methoxy groups -OCH3 is 1. The van der Waals surface area contributed by atoms with Crippen molar-refractivity contribution in [3.8, 4) is 0 Å². The molecule has 0 aliphatic carbocycles. The Morgan fingerprint density at radius 3 is 2.44 bits per heavy atom. The molecule has 2 atom stereocenters. The molecule has 1 rings (SSSR count). The lowest BCUT2D eigenvalue weighted by Crippen LogP contribution is -2.31. The summed E-state index contributed by atoms with van der Waals surface area (Å²) in [5.74, 6) is 0. The molecule has 0 aliphatic heterocycles. The van der Waals surface area contributed by atoms with E-state index in [1.54, 1.807) is 14.0 Å². The Balaban J connectivity index is 2.73. The minimum Gasteiger partial charge on any atom is -0.389 e. The maximum absolute atomic E-state index is 9.73. The third-order valence-electron chi connectivity index (χ3n) is 3.16. The van der Waals surface area contributed by atoms with Crippen molar-refractivity contribution in [3.05, 3.63) is 29.8 Å². The number of anilines is 1. The molecule has 0 spiro atoms. The fourth-order valence-electron chi connectivity index (χ4n) is 2.13. The molecule has 3 heteroatoms. The van der Waals surface area contributed by atoms with E-state index >= 15 is 0 Å². The third-order valence-corrected chi connectivity index (χ3v) is 3.16. The van der Waals surface area contributed by atoms with Gasteiger partial charge in [0.1, 0.15) is 0 Å². The number of aliphatic hydroxyl groups excluding tert-OH is 1. The van der Waals surface area contributed by atoms with Crippen LogP contribution in [-0.2, 0) is 4.74 Å². The van der Waals surface area contributed by atoms with Gasteiger partial charge < -0.3 is 15.2 Å². The number of hydrogen-bond donors (Lipinski definition) is 2. The molecular formula is C15H25NO2. The van der Waals surface area contributed by atoms with Crippen LogP contribution in [0.25, 0.3) is 0 Å². The fourth-order valence-corrected chi connectivity index (χ4v) is 2.13. The fraction of sp³-hybridized carbons (Fsp3) is 0.600. The van der Waals surface area contributed by atoms with E-state index in [4.69, 9.17) is 4.74 Å². The molecule has 0 bridgehead atoms. The Bertz CT molecular complexity index is 375. The Morgan fingerprint density at radius 1 is 1.28 bits per heavy atom. The smallest absolute Gasteiger partial charge is 0.0781 e. The van der Waals surface area contributed by atoms with Crippen LogP contribution >= 0.6 is 0 Å². The SMILES string of the molecule is COC(C)(C)CC(C)Nc1ccccc1C(C)O. The number of hydrogen-bond acceptors (Lipinski definition) is 3. The molecule has 0 aliphatic rings. The van der Waals surface area contributed by atoms with Crippen molar-refractivity contribution in [1.29, 1.82) is 0 Å². The van der Waals surface area contributed by atoms with E-state index in [1.807, 2.05) is 24.3 Å². The van der Waals surface area contributed by atoms with Gasteiger partial charge in [-0.3, -0.25) is 0 Å². The lowest BCUT2D eigenvalue weighted by atomic mass is 9.99. The summed E-state index contributed by atoms with van der Waals surface area (Å²) in [6, 6.07) is 8.14. The van der Waals surface area contributed by atoms with Crippen LogP contribution in [-0.4, -0.2) is 23.9 Å². The zero-order valence-electron chi connectivity index (χ0n) is 12.0. The summed E-state index contributed by atoms with van der Waals surface area (Å²) >= 11 is 0. The number of benzene rings is 1. The summed E-state index contributed by atoms with van der Waals surface area (Å²) in [4.78, 5) is 0. The first-order valence-electron chi connectivity index (χ1n) is 6.44. The molecule has 0 fully saturated rings. The van der Waals surface area contributed by atoms with Gasteiger partial charge in [0.05, 0.1) is 11.7 Å². The van der Waals surface area contributed by atoms with Gasteiger partial charge in [0, 0.05) is 24.4 Å². The predicted octanol–water partition coefficient (Wildman–Crippen LogP) is 3.36. The average molecular weight is 251 g/mol. The molecule has 2 N–H and O–H groups in total. The van der Waals surface area contributed by atoms with Crippen LogP contribution in [0, 0.1) is 0 Å². The van der Waals surface area contributed by atoms with Gasteiger partial charge in [-0.1, -0.05) is 18.2 Å². The molecule has 0 radical (unpaired) electrons. The molecule has 0 heterocycles. The molecule has 3 nitrogen and oxygen atoms in total. The van der Waals surface area contributed by atoms with Crippen molar-refractivity contribution in [3.63, 3.8) is 0 Å². The van der Waals surface area contributed by atoms with Gasteiger partial charge in [0.25, 0.3) is 0 Å². The molecule has 2 unspecified atom stereocenters. The van der Waals surface area contributed by atoms with Gasteiger partial charge in [-0.05, 0) is 40.2 Å². The lowest BCUT2D eigenvalue weighted by Gasteiger charge is -2.28. The summed E-state index contributed by atoms with van der Waals surface area (Å²) < 4.78 is 5.43. The second kappa shape index (κ2) is 6.21. The van der Waals surface area contributed by atoms with Crippen LogP contribution in [0.15, 0.2) is 24.3 Å². The molecule has 102 valence electrons. The number of para-hydroxylation sites is 1. The minimum atomic E-state index is -0.462. The molecule has 0 amide bonds. The summed E-state index contributed by atoms with van der Waals surface area (Å²) in [6.07, 6.45) is 0.439. The third kappa shape index (κ3) is 4.31. The lowest BCUT2D eigenvalue weighted by molar-refractivity contribution is 0.0128. The summed E-state index contributed by atoms with van der Waals surface area (Å²) in [7, 11) is 1.73. The van der Waals surface area contributed by atoms with E-state index in [0.717, 1.165) is 17.7 Å². The topological polar surface area (TPSA) is 41.5 Å². The van der Waals surface area contributed by atoms with E-state index in [1.165, 1.54) is 0 Å². The molecule has 1 aromatic rings. The summed E-state index contributed by atoms with van der Waals surface area (Å²) in [5, 5.41) is 13.2. The van der Waals surface area contributed by atoms with Crippen molar-refractivity contribution in [1.82, 2.24) is 0 Å². The molecule has 0 saturated heterocycles. The van der Waals surface area contributed by atoms with Gasteiger partial charge in [0.15, 0.2) is 0 Å². The first-order valence-corrected chi connectivity index (χ1v) is 6.44. The van der Waals surface area contributed by atoms with Gasteiger partial charge in [-0.2, -0.15) is 0 Å². The molecule has 1 aromatic carbocycles. The highest BCUT2D eigenvalue weighted by Crippen LogP contribution is 2.25. The Morgan fingerprint density at radius 2 is 1.89 bits per heavy atom. The largest absolute Gasteiger partial charge is 0.389 e. The highest BCUT2D eigenvalue weighted by Gasteiger charge is 2.20. The van der Waals surface area contributed by atoms with Gasteiger partial charge in [-0.25, -0.2) is 0 Å². The zero-order chi connectivity index (χ0) is 13.8. The Kier molecular flexibility index (Phi) is 5.17. The number of nitrogens with one attached hydrogen (secondary N) is 1. The predicted molar refractivity (Wildman–Crippen MR) is 75.9 cm³/mol. The first kappa shape index (κ1) is 15.0. The first-order chi connectivity index (χ1) is 8.35. The monoisotopic (exact) mass is 251 g/mol. The van der Waals surface area contributed by atoms with Crippen molar-refractivity contribution in [2.75, 3.05) is 12.4 Å². The maximum atomic E-state index is 9.73. The normalized spacial score (nSPS) is 15.2. The van der Waals surface area contributed by atoms with Crippen molar-refractivity contribution < 1.29 is 9.84 Å².